The largest absolute Gasteiger partial charge is 0.344 e. The number of hydrogen-bond acceptors (Lipinski definition) is 5. The Morgan fingerprint density at radius 1 is 0.870 bits per heavy atom. The molecule has 0 radical (unpaired) electrons. The molecular weight excluding hydrogens is 576 g/mol. The summed E-state index contributed by atoms with van der Waals surface area (Å²) in [5.74, 6) is 0.662. The molecule has 3 amide bonds. The molecule has 2 atom stereocenters. The Kier molecular flexibility index (Phi) is 10.6. The Hall–Kier alpha value is -4.79. The third kappa shape index (κ3) is 8.27. The van der Waals surface area contributed by atoms with E-state index in [9.17, 15) is 14.4 Å². The molecule has 0 fully saturated rings. The second-order valence-electron chi connectivity index (χ2n) is 12.5. The quantitative estimate of drug-likeness (QED) is 0.317. The minimum Gasteiger partial charge on any atom is -0.344 e. The van der Waals surface area contributed by atoms with Gasteiger partial charge in [-0.3, -0.25) is 14.4 Å². The lowest BCUT2D eigenvalue weighted by Crippen LogP contribution is -2.50. The summed E-state index contributed by atoms with van der Waals surface area (Å²) in [6.07, 6.45) is 1.64. The summed E-state index contributed by atoms with van der Waals surface area (Å²) in [5.41, 5.74) is 4.88. The van der Waals surface area contributed by atoms with Crippen LogP contribution in [-0.2, 0) is 29.0 Å². The maximum absolute atomic E-state index is 14.2. The Morgan fingerprint density at radius 3 is 2.33 bits per heavy atom. The Bertz CT molecular complexity index is 1650. The van der Waals surface area contributed by atoms with Gasteiger partial charge < -0.3 is 15.5 Å². The molecule has 4 aromatic rings. The molecule has 1 aliphatic rings. The molecule has 240 valence electrons. The van der Waals surface area contributed by atoms with Gasteiger partial charge in [0.1, 0.15) is 17.7 Å². The van der Waals surface area contributed by atoms with E-state index in [0.29, 0.717) is 56.1 Å². The lowest BCUT2D eigenvalue weighted by molar-refractivity contribution is -0.129. The molecule has 3 aromatic carbocycles. The van der Waals surface area contributed by atoms with Crippen LogP contribution in [0, 0.1) is 19.8 Å². The predicted octanol–water partition coefficient (Wildman–Crippen LogP) is 4.96. The van der Waals surface area contributed by atoms with Crippen molar-refractivity contribution in [3.8, 4) is 0 Å². The van der Waals surface area contributed by atoms with Crippen molar-refractivity contribution < 1.29 is 14.4 Å². The predicted molar refractivity (Wildman–Crippen MR) is 178 cm³/mol. The van der Waals surface area contributed by atoms with E-state index in [2.05, 4.69) is 46.9 Å². The highest BCUT2D eigenvalue weighted by Crippen LogP contribution is 2.22. The SMILES string of the molecule is Cc1ccc(Cc2ccccc2C(=O)N2CCCC(=O)N[C@@H](Cc3ccccc3)C(=O)N[C@H](C(C)C)c3nc(C)nn3CC2)cc1. The van der Waals surface area contributed by atoms with E-state index < -0.39 is 12.1 Å². The van der Waals surface area contributed by atoms with Crippen LogP contribution in [0.3, 0.4) is 0 Å². The average Bonchev–Trinajstić information content (AvgIpc) is 3.41. The third-order valence-corrected chi connectivity index (χ3v) is 8.45. The summed E-state index contributed by atoms with van der Waals surface area (Å²) in [6, 6.07) is 24.6. The van der Waals surface area contributed by atoms with Crippen LogP contribution in [0.2, 0.25) is 0 Å². The molecule has 0 spiro atoms. The van der Waals surface area contributed by atoms with Crippen molar-refractivity contribution in [1.29, 1.82) is 0 Å². The van der Waals surface area contributed by atoms with E-state index in [-0.39, 0.29) is 30.1 Å². The number of nitrogens with zero attached hydrogens (tertiary/aromatic N) is 4. The maximum atomic E-state index is 14.2. The van der Waals surface area contributed by atoms with Gasteiger partial charge in [-0.25, -0.2) is 9.67 Å². The summed E-state index contributed by atoms with van der Waals surface area (Å²) in [7, 11) is 0. The smallest absolute Gasteiger partial charge is 0.254 e. The molecule has 5 rings (SSSR count). The zero-order valence-corrected chi connectivity index (χ0v) is 27.2. The minimum absolute atomic E-state index is 0.00123. The molecule has 1 aliphatic heterocycles. The molecule has 0 aliphatic carbocycles. The summed E-state index contributed by atoms with van der Waals surface area (Å²) in [6.45, 7) is 9.10. The van der Waals surface area contributed by atoms with E-state index in [4.69, 9.17) is 4.98 Å². The molecule has 46 heavy (non-hydrogen) atoms. The van der Waals surface area contributed by atoms with Crippen LogP contribution in [0.15, 0.2) is 78.9 Å². The third-order valence-electron chi connectivity index (χ3n) is 8.45. The lowest BCUT2D eigenvalue weighted by atomic mass is 9.98. The van der Waals surface area contributed by atoms with Crippen LogP contribution < -0.4 is 10.6 Å². The first-order chi connectivity index (χ1) is 22.2. The number of hydrogen-bond donors (Lipinski definition) is 2. The number of aromatic nitrogens is 3. The topological polar surface area (TPSA) is 109 Å². The second-order valence-corrected chi connectivity index (χ2v) is 12.5. The summed E-state index contributed by atoms with van der Waals surface area (Å²) in [4.78, 5) is 47.7. The zero-order valence-electron chi connectivity index (χ0n) is 27.2. The highest BCUT2D eigenvalue weighted by Gasteiger charge is 2.30. The van der Waals surface area contributed by atoms with Gasteiger partial charge in [0.15, 0.2) is 0 Å². The molecule has 9 nitrogen and oxygen atoms in total. The van der Waals surface area contributed by atoms with Crippen molar-refractivity contribution in [3.05, 3.63) is 118 Å². The van der Waals surface area contributed by atoms with Gasteiger partial charge in [0.05, 0.1) is 12.6 Å². The number of nitrogens with one attached hydrogen (secondary N) is 2. The Labute approximate surface area is 271 Å². The zero-order chi connectivity index (χ0) is 32.6. The van der Waals surface area contributed by atoms with E-state index >= 15 is 0 Å². The van der Waals surface area contributed by atoms with Crippen LogP contribution in [0.1, 0.15) is 77.0 Å². The van der Waals surface area contributed by atoms with Crippen molar-refractivity contribution in [1.82, 2.24) is 30.3 Å². The summed E-state index contributed by atoms with van der Waals surface area (Å²) >= 11 is 0. The van der Waals surface area contributed by atoms with Crippen LogP contribution in [-0.4, -0.2) is 56.5 Å². The van der Waals surface area contributed by atoms with E-state index in [0.717, 1.165) is 16.7 Å². The van der Waals surface area contributed by atoms with Crippen molar-refractivity contribution in [2.24, 2.45) is 5.92 Å². The average molecular weight is 621 g/mol. The monoisotopic (exact) mass is 620 g/mol. The fourth-order valence-corrected chi connectivity index (χ4v) is 5.92. The van der Waals surface area contributed by atoms with Gasteiger partial charge in [0, 0.05) is 31.5 Å². The first kappa shape index (κ1) is 32.6. The first-order valence-electron chi connectivity index (χ1n) is 16.2. The molecule has 0 saturated carbocycles. The van der Waals surface area contributed by atoms with E-state index in [1.54, 1.807) is 0 Å². The molecule has 2 N–H and O–H groups in total. The molecule has 2 heterocycles. The fourth-order valence-electron chi connectivity index (χ4n) is 5.92. The highest BCUT2D eigenvalue weighted by atomic mass is 16.2. The Balaban J connectivity index is 1.44. The molecule has 0 bridgehead atoms. The molecule has 0 saturated heterocycles. The van der Waals surface area contributed by atoms with Gasteiger partial charge in [-0.1, -0.05) is 92.2 Å². The normalized spacial score (nSPS) is 18.0. The maximum Gasteiger partial charge on any atom is 0.254 e. The number of rotatable bonds is 6. The molecule has 0 unspecified atom stereocenters. The number of fused-ring (bicyclic) bond motifs is 1. The number of carbonyl (C=O) groups is 3. The molecule has 9 heteroatoms. The molecule has 1 aromatic heterocycles. The first-order valence-corrected chi connectivity index (χ1v) is 16.2. The summed E-state index contributed by atoms with van der Waals surface area (Å²) in [5, 5.41) is 10.8. The van der Waals surface area contributed by atoms with Crippen molar-refractivity contribution in [2.75, 3.05) is 13.1 Å². The standard InChI is InChI=1S/C37H44N6O3/c1-25(2)34-35-38-27(4)41-43(35)22-21-42(37(46)31-14-9-8-13-30(31)23-29-18-16-26(3)17-19-29)20-10-15-33(44)39-32(36(45)40-34)24-28-11-6-5-7-12-28/h5-9,11-14,16-19,25,32,34H,10,15,20-24H2,1-4H3,(H,39,44)(H,40,45)/t32-,34+/m0/s1. The van der Waals surface area contributed by atoms with Gasteiger partial charge in [-0.15, -0.1) is 0 Å². The van der Waals surface area contributed by atoms with Gasteiger partial charge in [-0.05, 0) is 55.4 Å². The fraction of sp³-hybridized carbons (Fsp3) is 0.378. The van der Waals surface area contributed by atoms with Crippen molar-refractivity contribution in [3.63, 3.8) is 0 Å². The summed E-state index contributed by atoms with van der Waals surface area (Å²) < 4.78 is 1.81. The Morgan fingerprint density at radius 2 is 1.59 bits per heavy atom. The second kappa shape index (κ2) is 15.0. The van der Waals surface area contributed by atoms with Gasteiger partial charge in [-0.2, -0.15) is 5.10 Å². The molecular formula is C37H44N6O3. The number of benzene rings is 3. The minimum atomic E-state index is -0.761. The number of carbonyl (C=O) groups excluding carboxylic acids is 3. The van der Waals surface area contributed by atoms with Crippen LogP contribution in [0.25, 0.3) is 0 Å². The van der Waals surface area contributed by atoms with Crippen LogP contribution in [0.4, 0.5) is 0 Å². The highest BCUT2D eigenvalue weighted by molar-refractivity contribution is 5.96. The van der Waals surface area contributed by atoms with Crippen LogP contribution >= 0.6 is 0 Å². The van der Waals surface area contributed by atoms with Gasteiger partial charge in [0.25, 0.3) is 5.91 Å². The van der Waals surface area contributed by atoms with Crippen LogP contribution in [0.5, 0.6) is 0 Å². The van der Waals surface area contributed by atoms with Crippen molar-refractivity contribution in [2.45, 2.75) is 72.0 Å². The lowest BCUT2D eigenvalue weighted by Gasteiger charge is -2.28. The number of aryl methyl sites for hydroxylation is 2. The van der Waals surface area contributed by atoms with E-state index in [1.165, 1.54) is 5.56 Å². The van der Waals surface area contributed by atoms with E-state index in [1.807, 2.05) is 85.0 Å². The van der Waals surface area contributed by atoms with Crippen molar-refractivity contribution >= 4 is 17.7 Å². The van der Waals surface area contributed by atoms with Gasteiger partial charge in [0.2, 0.25) is 11.8 Å². The number of amides is 3. The van der Waals surface area contributed by atoms with Gasteiger partial charge >= 0.3 is 0 Å².